The fourth-order valence-corrected chi connectivity index (χ4v) is 4.04. The molecule has 3 rings (SSSR count). The number of likely N-dealkylation sites (tertiary alicyclic amines) is 1. The van der Waals surface area contributed by atoms with Gasteiger partial charge in [-0.05, 0) is 81.1 Å². The molecule has 0 atom stereocenters. The highest BCUT2D eigenvalue weighted by molar-refractivity contribution is 5.96. The number of nitrogens with zero attached hydrogens (tertiary/aromatic N) is 1. The number of Topliss-reactive ketones (excluding diaryl/α,β-unsaturated/α-hetero) is 1. The summed E-state index contributed by atoms with van der Waals surface area (Å²) in [6, 6.07) is 14.2. The SMILES string of the molecule is CCC(=O)Nc1cccc(C2CCN(CCCCC(=O)c3cccc(F)c3)CC2)c1. The predicted molar refractivity (Wildman–Crippen MR) is 118 cm³/mol. The van der Waals surface area contributed by atoms with Gasteiger partial charge in [-0.3, -0.25) is 9.59 Å². The minimum absolute atomic E-state index is 0.0169. The second-order valence-corrected chi connectivity index (χ2v) is 8.03. The van der Waals surface area contributed by atoms with Crippen molar-refractivity contribution in [3.8, 4) is 0 Å². The van der Waals surface area contributed by atoms with Gasteiger partial charge in [0.15, 0.2) is 5.78 Å². The van der Waals surface area contributed by atoms with Crippen LogP contribution in [0.15, 0.2) is 48.5 Å². The van der Waals surface area contributed by atoms with Gasteiger partial charge < -0.3 is 10.2 Å². The van der Waals surface area contributed by atoms with Crippen LogP contribution < -0.4 is 5.32 Å². The molecule has 1 saturated heterocycles. The van der Waals surface area contributed by atoms with E-state index in [-0.39, 0.29) is 17.5 Å². The lowest BCUT2D eigenvalue weighted by atomic mass is 9.89. The zero-order valence-electron chi connectivity index (χ0n) is 17.7. The number of hydrogen-bond donors (Lipinski definition) is 1. The van der Waals surface area contributed by atoms with Crippen LogP contribution in [-0.4, -0.2) is 36.2 Å². The van der Waals surface area contributed by atoms with E-state index >= 15 is 0 Å². The molecule has 0 bridgehead atoms. The molecule has 0 saturated carbocycles. The van der Waals surface area contributed by atoms with Crippen molar-refractivity contribution in [2.45, 2.75) is 51.4 Å². The van der Waals surface area contributed by atoms with Crippen LogP contribution in [0.1, 0.15) is 67.3 Å². The largest absolute Gasteiger partial charge is 0.326 e. The van der Waals surface area contributed by atoms with Crippen molar-refractivity contribution in [2.24, 2.45) is 0 Å². The number of piperidine rings is 1. The van der Waals surface area contributed by atoms with Crippen LogP contribution in [0.25, 0.3) is 0 Å². The monoisotopic (exact) mass is 410 g/mol. The molecule has 0 aliphatic carbocycles. The van der Waals surface area contributed by atoms with Gasteiger partial charge in [0.2, 0.25) is 5.91 Å². The molecule has 1 N–H and O–H groups in total. The number of ketones is 1. The minimum atomic E-state index is -0.359. The second-order valence-electron chi connectivity index (χ2n) is 8.03. The number of anilines is 1. The van der Waals surface area contributed by atoms with Crippen LogP contribution in [0.4, 0.5) is 10.1 Å². The number of nitrogens with one attached hydrogen (secondary N) is 1. The second kappa shape index (κ2) is 11.0. The van der Waals surface area contributed by atoms with Gasteiger partial charge in [0.25, 0.3) is 0 Å². The Morgan fingerprint density at radius 1 is 1.07 bits per heavy atom. The Hall–Kier alpha value is -2.53. The van der Waals surface area contributed by atoms with E-state index in [1.54, 1.807) is 12.1 Å². The van der Waals surface area contributed by atoms with Crippen LogP contribution in [0.5, 0.6) is 0 Å². The summed E-state index contributed by atoms with van der Waals surface area (Å²) in [6.45, 7) is 4.95. The van der Waals surface area contributed by atoms with Crippen molar-refractivity contribution in [2.75, 3.05) is 25.0 Å². The number of benzene rings is 2. The first kappa shape index (κ1) is 22.2. The molecule has 0 aromatic heterocycles. The summed E-state index contributed by atoms with van der Waals surface area (Å²) in [7, 11) is 0. The standard InChI is InChI=1S/C25H31FN2O2/c1-2-25(30)27-23-10-6-7-20(18-23)19-12-15-28(16-13-19)14-4-3-11-24(29)21-8-5-9-22(26)17-21/h5-10,17-19H,2-4,11-16H2,1H3,(H,27,30). The number of carbonyl (C=O) groups is 2. The summed E-state index contributed by atoms with van der Waals surface area (Å²) in [5.41, 5.74) is 2.64. The zero-order chi connectivity index (χ0) is 21.3. The maximum Gasteiger partial charge on any atom is 0.224 e. The first-order chi connectivity index (χ1) is 14.5. The highest BCUT2D eigenvalue weighted by Crippen LogP contribution is 2.29. The third-order valence-corrected chi connectivity index (χ3v) is 5.83. The van der Waals surface area contributed by atoms with Crippen LogP contribution in [0.2, 0.25) is 0 Å². The van der Waals surface area contributed by atoms with Gasteiger partial charge in [0.05, 0.1) is 0 Å². The van der Waals surface area contributed by atoms with Crippen LogP contribution in [0.3, 0.4) is 0 Å². The summed E-state index contributed by atoms with van der Waals surface area (Å²) in [4.78, 5) is 26.2. The maximum absolute atomic E-state index is 13.2. The Kier molecular flexibility index (Phi) is 8.14. The summed E-state index contributed by atoms with van der Waals surface area (Å²) in [6.07, 6.45) is 4.96. The summed E-state index contributed by atoms with van der Waals surface area (Å²) >= 11 is 0. The summed E-state index contributed by atoms with van der Waals surface area (Å²) < 4.78 is 13.2. The number of halogens is 1. The van der Waals surface area contributed by atoms with Crippen LogP contribution >= 0.6 is 0 Å². The van der Waals surface area contributed by atoms with Crippen LogP contribution in [0, 0.1) is 5.82 Å². The van der Waals surface area contributed by atoms with Crippen molar-refractivity contribution in [3.63, 3.8) is 0 Å². The third kappa shape index (κ3) is 6.49. The third-order valence-electron chi connectivity index (χ3n) is 5.83. The molecule has 2 aromatic rings. The molecule has 2 aromatic carbocycles. The van der Waals surface area contributed by atoms with Gasteiger partial charge in [-0.25, -0.2) is 4.39 Å². The Labute approximate surface area is 178 Å². The molecule has 1 fully saturated rings. The lowest BCUT2D eigenvalue weighted by Crippen LogP contribution is -2.33. The molecule has 1 aliphatic heterocycles. The van der Waals surface area contributed by atoms with E-state index in [1.165, 1.54) is 17.7 Å². The molecule has 1 heterocycles. The maximum atomic E-state index is 13.2. The molecule has 0 radical (unpaired) electrons. The van der Waals surface area contributed by atoms with Gasteiger partial charge in [0.1, 0.15) is 5.82 Å². The van der Waals surface area contributed by atoms with E-state index in [1.807, 2.05) is 19.1 Å². The van der Waals surface area contributed by atoms with Crippen molar-refractivity contribution >= 4 is 17.4 Å². The van der Waals surface area contributed by atoms with Gasteiger partial charge >= 0.3 is 0 Å². The summed E-state index contributed by atoms with van der Waals surface area (Å²) in [5, 5.41) is 2.94. The molecule has 1 aliphatic rings. The molecule has 30 heavy (non-hydrogen) atoms. The first-order valence-corrected chi connectivity index (χ1v) is 11.0. The zero-order valence-corrected chi connectivity index (χ0v) is 17.7. The highest BCUT2D eigenvalue weighted by Gasteiger charge is 2.20. The molecule has 160 valence electrons. The quantitative estimate of drug-likeness (QED) is 0.444. The number of carbonyl (C=O) groups excluding carboxylic acids is 2. The van der Waals surface area contributed by atoms with Gasteiger partial charge in [-0.1, -0.05) is 31.2 Å². The predicted octanol–water partition coefficient (Wildman–Crippen LogP) is 5.41. The van der Waals surface area contributed by atoms with Gasteiger partial charge in [-0.2, -0.15) is 0 Å². The normalized spacial score (nSPS) is 15.1. The van der Waals surface area contributed by atoms with Crippen LogP contribution in [-0.2, 0) is 4.79 Å². The Morgan fingerprint density at radius 2 is 1.83 bits per heavy atom. The molecule has 0 unspecified atom stereocenters. The van der Waals surface area contributed by atoms with Crippen molar-refractivity contribution < 1.29 is 14.0 Å². The molecular formula is C25H31FN2O2. The summed E-state index contributed by atoms with van der Waals surface area (Å²) in [5.74, 6) is 0.220. The minimum Gasteiger partial charge on any atom is -0.326 e. The topological polar surface area (TPSA) is 49.4 Å². The molecule has 1 amide bonds. The highest BCUT2D eigenvalue weighted by atomic mass is 19.1. The number of hydrogen-bond acceptors (Lipinski definition) is 3. The fraction of sp³-hybridized carbons (Fsp3) is 0.440. The Morgan fingerprint density at radius 3 is 2.57 bits per heavy atom. The number of amides is 1. The molecule has 4 nitrogen and oxygen atoms in total. The van der Waals surface area contributed by atoms with Gasteiger partial charge in [0, 0.05) is 24.1 Å². The number of unbranched alkanes of at least 4 members (excludes halogenated alkanes) is 1. The lowest BCUT2D eigenvalue weighted by molar-refractivity contribution is -0.115. The molecule has 5 heteroatoms. The Balaban J connectivity index is 1.38. The lowest BCUT2D eigenvalue weighted by Gasteiger charge is -2.32. The van der Waals surface area contributed by atoms with Crippen molar-refractivity contribution in [1.82, 2.24) is 4.90 Å². The fourth-order valence-electron chi connectivity index (χ4n) is 4.04. The van der Waals surface area contributed by atoms with E-state index in [4.69, 9.17) is 0 Å². The van der Waals surface area contributed by atoms with Crippen molar-refractivity contribution in [1.29, 1.82) is 0 Å². The molecule has 0 spiro atoms. The van der Waals surface area contributed by atoms with Gasteiger partial charge in [-0.15, -0.1) is 0 Å². The average molecular weight is 411 g/mol. The smallest absolute Gasteiger partial charge is 0.224 e. The van der Waals surface area contributed by atoms with E-state index < -0.39 is 0 Å². The van der Waals surface area contributed by atoms with E-state index in [0.29, 0.717) is 24.3 Å². The molecular weight excluding hydrogens is 379 g/mol. The van der Waals surface area contributed by atoms with E-state index in [2.05, 4.69) is 22.3 Å². The van der Waals surface area contributed by atoms with E-state index in [9.17, 15) is 14.0 Å². The van der Waals surface area contributed by atoms with E-state index in [0.717, 1.165) is 51.0 Å². The number of rotatable bonds is 9. The average Bonchev–Trinajstić information content (AvgIpc) is 2.77. The van der Waals surface area contributed by atoms with Crippen molar-refractivity contribution in [3.05, 3.63) is 65.5 Å². The Bertz CT molecular complexity index is 860. The first-order valence-electron chi connectivity index (χ1n) is 11.0.